The first kappa shape index (κ1) is 14.0. The number of benzene rings is 1. The van der Waals surface area contributed by atoms with E-state index in [2.05, 4.69) is 10.1 Å². The number of nitrogens with zero attached hydrogens (tertiary/aromatic N) is 3. The van der Waals surface area contributed by atoms with Crippen LogP contribution in [0.1, 0.15) is 28.9 Å². The molecule has 0 aliphatic rings. The molecule has 1 aromatic heterocycles. The summed E-state index contributed by atoms with van der Waals surface area (Å²) in [6, 6.07) is 7.66. The highest BCUT2D eigenvalue weighted by Crippen LogP contribution is 2.12. The smallest absolute Gasteiger partial charge is 0.378 e. The zero-order chi connectivity index (χ0) is 14.5. The maximum atomic E-state index is 11.6. The number of carbonyl (C=O) groups is 1. The Morgan fingerprint density at radius 3 is 2.60 bits per heavy atom. The van der Waals surface area contributed by atoms with E-state index in [1.165, 1.54) is 0 Å². The molecule has 6 nitrogen and oxygen atoms in total. The van der Waals surface area contributed by atoms with Gasteiger partial charge >= 0.3 is 5.97 Å². The largest absolute Gasteiger partial charge is 0.497 e. The monoisotopic (exact) mass is 275 g/mol. The summed E-state index contributed by atoms with van der Waals surface area (Å²) >= 11 is 0. The molecule has 0 atom stereocenters. The molecular weight excluding hydrogens is 258 g/mol. The Balaban J connectivity index is 2.14. The maximum Gasteiger partial charge on any atom is 0.378 e. The third kappa shape index (κ3) is 3.14. The van der Waals surface area contributed by atoms with Crippen LogP contribution in [0.3, 0.4) is 0 Å². The van der Waals surface area contributed by atoms with Crippen LogP contribution in [0.25, 0.3) is 0 Å². The number of esters is 1. The van der Waals surface area contributed by atoms with Crippen molar-refractivity contribution in [1.29, 1.82) is 0 Å². The summed E-state index contributed by atoms with van der Waals surface area (Å²) in [4.78, 5) is 15.7. The molecular formula is C14H17N3O3. The lowest BCUT2D eigenvalue weighted by Crippen LogP contribution is -2.08. The number of methoxy groups -OCH3 is 1. The molecule has 0 unspecified atom stereocenters. The second-order valence-corrected chi connectivity index (χ2v) is 4.21. The molecule has 2 rings (SSSR count). The fourth-order valence-corrected chi connectivity index (χ4v) is 1.76. The highest BCUT2D eigenvalue weighted by Gasteiger charge is 2.15. The predicted molar refractivity (Wildman–Crippen MR) is 72.8 cm³/mol. The molecule has 0 saturated heterocycles. The summed E-state index contributed by atoms with van der Waals surface area (Å²) in [7, 11) is 1.63. The van der Waals surface area contributed by atoms with Gasteiger partial charge in [0, 0.05) is 0 Å². The van der Waals surface area contributed by atoms with Gasteiger partial charge in [0.15, 0.2) is 0 Å². The normalized spacial score (nSPS) is 10.3. The third-order valence-electron chi connectivity index (χ3n) is 2.81. The van der Waals surface area contributed by atoms with E-state index in [-0.39, 0.29) is 5.82 Å². The average molecular weight is 275 g/mol. The van der Waals surface area contributed by atoms with E-state index in [0.29, 0.717) is 19.0 Å². The summed E-state index contributed by atoms with van der Waals surface area (Å²) in [5.74, 6) is 1.07. The zero-order valence-corrected chi connectivity index (χ0v) is 11.8. The first-order valence-electron chi connectivity index (χ1n) is 6.35. The summed E-state index contributed by atoms with van der Waals surface area (Å²) in [5.41, 5.74) is 1.05. The Hall–Kier alpha value is -2.37. The molecule has 1 aromatic carbocycles. The van der Waals surface area contributed by atoms with Crippen molar-refractivity contribution in [3.8, 4) is 5.75 Å². The van der Waals surface area contributed by atoms with Gasteiger partial charge in [-0.25, -0.2) is 14.5 Å². The lowest BCUT2D eigenvalue weighted by Gasteiger charge is -2.04. The summed E-state index contributed by atoms with van der Waals surface area (Å²) in [6.45, 7) is 4.41. The van der Waals surface area contributed by atoms with Crippen molar-refractivity contribution in [3.05, 3.63) is 41.5 Å². The van der Waals surface area contributed by atoms with Crippen molar-refractivity contribution in [2.75, 3.05) is 13.7 Å². The molecule has 0 radical (unpaired) electrons. The van der Waals surface area contributed by atoms with Crippen LogP contribution >= 0.6 is 0 Å². The van der Waals surface area contributed by atoms with Crippen LogP contribution in [0.4, 0.5) is 0 Å². The molecule has 0 N–H and O–H groups in total. The number of carbonyl (C=O) groups excluding carboxylic acids is 1. The van der Waals surface area contributed by atoms with Crippen LogP contribution < -0.4 is 4.74 Å². The molecule has 20 heavy (non-hydrogen) atoms. The Labute approximate surface area is 117 Å². The summed E-state index contributed by atoms with van der Waals surface area (Å²) < 4.78 is 11.7. The van der Waals surface area contributed by atoms with Crippen molar-refractivity contribution in [1.82, 2.24) is 14.8 Å². The first-order valence-corrected chi connectivity index (χ1v) is 6.35. The third-order valence-corrected chi connectivity index (χ3v) is 2.81. The van der Waals surface area contributed by atoms with Gasteiger partial charge in [0.1, 0.15) is 11.6 Å². The van der Waals surface area contributed by atoms with Gasteiger partial charge in [0.05, 0.1) is 20.3 Å². The Morgan fingerprint density at radius 2 is 2.00 bits per heavy atom. The lowest BCUT2D eigenvalue weighted by molar-refractivity contribution is 0.0511. The molecule has 0 aliphatic carbocycles. The highest BCUT2D eigenvalue weighted by atomic mass is 16.5. The Morgan fingerprint density at radius 1 is 1.30 bits per heavy atom. The van der Waals surface area contributed by atoms with E-state index >= 15 is 0 Å². The van der Waals surface area contributed by atoms with Gasteiger partial charge in [0.25, 0.3) is 5.82 Å². The fourth-order valence-electron chi connectivity index (χ4n) is 1.76. The summed E-state index contributed by atoms with van der Waals surface area (Å²) in [6.07, 6.45) is 0. The predicted octanol–water partition coefficient (Wildman–Crippen LogP) is 1.82. The van der Waals surface area contributed by atoms with Crippen LogP contribution in [0, 0.1) is 6.92 Å². The molecule has 0 saturated carbocycles. The number of hydrogen-bond donors (Lipinski definition) is 0. The van der Waals surface area contributed by atoms with Crippen molar-refractivity contribution in [2.24, 2.45) is 0 Å². The first-order chi connectivity index (χ1) is 9.63. The van der Waals surface area contributed by atoms with Crippen molar-refractivity contribution < 1.29 is 14.3 Å². The SMILES string of the molecule is CCOC(=O)c1nc(C)n(Cc2ccc(OC)cc2)n1. The fraction of sp³-hybridized carbons (Fsp3) is 0.357. The molecule has 2 aromatic rings. The molecule has 0 spiro atoms. The van der Waals surface area contributed by atoms with Gasteiger partial charge in [-0.3, -0.25) is 0 Å². The minimum absolute atomic E-state index is 0.0952. The van der Waals surface area contributed by atoms with Crippen LogP contribution in [0.5, 0.6) is 5.75 Å². The molecule has 6 heteroatoms. The molecule has 1 heterocycles. The highest BCUT2D eigenvalue weighted by molar-refractivity contribution is 5.84. The van der Waals surface area contributed by atoms with Gasteiger partial charge in [-0.15, -0.1) is 5.10 Å². The van der Waals surface area contributed by atoms with Gasteiger partial charge in [-0.1, -0.05) is 12.1 Å². The number of ether oxygens (including phenoxy) is 2. The molecule has 0 fully saturated rings. The molecule has 0 aliphatic heterocycles. The van der Waals surface area contributed by atoms with E-state index in [0.717, 1.165) is 11.3 Å². The van der Waals surface area contributed by atoms with Gasteiger partial charge in [-0.05, 0) is 31.5 Å². The van der Waals surface area contributed by atoms with Crippen molar-refractivity contribution in [3.63, 3.8) is 0 Å². The van der Waals surface area contributed by atoms with E-state index in [4.69, 9.17) is 9.47 Å². The maximum absolute atomic E-state index is 11.6. The number of aromatic nitrogens is 3. The summed E-state index contributed by atoms with van der Waals surface area (Å²) in [5, 5.41) is 4.17. The van der Waals surface area contributed by atoms with Crippen LogP contribution in [-0.4, -0.2) is 34.5 Å². The Kier molecular flexibility index (Phi) is 4.34. The van der Waals surface area contributed by atoms with Crippen molar-refractivity contribution >= 4 is 5.97 Å². The van der Waals surface area contributed by atoms with Gasteiger partial charge in [0.2, 0.25) is 0 Å². The second kappa shape index (κ2) is 6.18. The Bertz CT molecular complexity index is 590. The molecule has 0 amide bonds. The van der Waals surface area contributed by atoms with E-state index < -0.39 is 5.97 Å². The van der Waals surface area contributed by atoms with E-state index in [1.54, 1.807) is 25.6 Å². The molecule has 106 valence electrons. The van der Waals surface area contributed by atoms with Crippen molar-refractivity contribution in [2.45, 2.75) is 20.4 Å². The standard InChI is InChI=1S/C14H17N3O3/c1-4-20-14(18)13-15-10(2)17(16-13)9-11-5-7-12(19-3)8-6-11/h5-8H,4,9H2,1-3H3. The van der Waals surface area contributed by atoms with E-state index in [1.807, 2.05) is 24.3 Å². The van der Waals surface area contributed by atoms with Gasteiger partial charge < -0.3 is 9.47 Å². The zero-order valence-electron chi connectivity index (χ0n) is 11.8. The van der Waals surface area contributed by atoms with Crippen LogP contribution in [0.15, 0.2) is 24.3 Å². The second-order valence-electron chi connectivity index (χ2n) is 4.21. The minimum Gasteiger partial charge on any atom is -0.497 e. The van der Waals surface area contributed by atoms with Crippen LogP contribution in [0.2, 0.25) is 0 Å². The lowest BCUT2D eigenvalue weighted by atomic mass is 10.2. The van der Waals surface area contributed by atoms with E-state index in [9.17, 15) is 4.79 Å². The number of aryl methyl sites for hydroxylation is 1. The van der Waals surface area contributed by atoms with Crippen LogP contribution in [-0.2, 0) is 11.3 Å². The topological polar surface area (TPSA) is 66.2 Å². The number of rotatable bonds is 5. The van der Waals surface area contributed by atoms with Gasteiger partial charge in [-0.2, -0.15) is 0 Å². The number of hydrogen-bond acceptors (Lipinski definition) is 5. The quantitative estimate of drug-likeness (QED) is 0.779. The average Bonchev–Trinajstić information content (AvgIpc) is 2.81. The molecule has 0 bridgehead atoms. The minimum atomic E-state index is -0.496.